The first-order valence-electron chi connectivity index (χ1n) is 13.7. The van der Waals surface area contributed by atoms with Crippen LogP contribution in [-0.4, -0.2) is 86.5 Å². The number of nitrogens with one attached hydrogen (secondary N) is 1. The average molecular weight is 548 g/mol. The van der Waals surface area contributed by atoms with E-state index in [2.05, 4.69) is 57.4 Å². The minimum absolute atomic E-state index is 0.0136. The molecule has 4 heterocycles. The SMILES string of the molecule is CN1CCO[C@@H](COc2nc3c(c(N4CCN[C@@H](CC#N)C4)n2)CCN(c2cccc4cccc(Cl)c24)C3)C1. The Balaban J connectivity index is 1.32. The van der Waals surface area contributed by atoms with E-state index < -0.39 is 0 Å². The normalized spacial score (nSPS) is 22.0. The standard InChI is InChI=1S/C29H34ClN7O2/c1-35-14-15-38-22(17-35)19-39-29-33-25-18-36(26-7-3-5-20-4-2-6-24(30)27(20)26)12-9-23(25)28(34-29)37-13-11-32-21(16-37)8-10-31/h2-7,21-22,32H,8-9,11-19H2,1H3/t21-,22+/m0/s1. The maximum Gasteiger partial charge on any atom is 0.318 e. The summed E-state index contributed by atoms with van der Waals surface area (Å²) in [5.41, 5.74) is 3.25. The summed E-state index contributed by atoms with van der Waals surface area (Å²) in [4.78, 5) is 16.8. The van der Waals surface area contributed by atoms with E-state index in [4.69, 9.17) is 31.0 Å². The summed E-state index contributed by atoms with van der Waals surface area (Å²) in [5.74, 6) is 0.928. The van der Waals surface area contributed by atoms with Crippen LogP contribution in [0.4, 0.5) is 11.5 Å². The molecule has 2 fully saturated rings. The number of piperazine rings is 1. The fourth-order valence-electron chi connectivity index (χ4n) is 5.86. The maximum absolute atomic E-state index is 9.27. The Morgan fingerprint density at radius 3 is 2.85 bits per heavy atom. The zero-order valence-electron chi connectivity index (χ0n) is 22.3. The van der Waals surface area contributed by atoms with Gasteiger partial charge >= 0.3 is 6.01 Å². The monoisotopic (exact) mass is 547 g/mol. The molecule has 2 aromatic carbocycles. The molecular weight excluding hydrogens is 514 g/mol. The molecule has 9 nitrogen and oxygen atoms in total. The van der Waals surface area contributed by atoms with Crippen molar-refractivity contribution in [3.63, 3.8) is 0 Å². The maximum atomic E-state index is 9.27. The molecule has 204 valence electrons. The average Bonchev–Trinajstić information content (AvgIpc) is 2.95. The van der Waals surface area contributed by atoms with Crippen LogP contribution in [0, 0.1) is 11.3 Å². The lowest BCUT2D eigenvalue weighted by Crippen LogP contribution is -2.51. The number of hydrogen-bond acceptors (Lipinski definition) is 9. The van der Waals surface area contributed by atoms with E-state index in [0.29, 0.717) is 32.2 Å². The van der Waals surface area contributed by atoms with E-state index in [1.165, 1.54) is 0 Å². The number of likely N-dealkylation sites (N-methyl/N-ethyl adjacent to an activating group) is 1. The fraction of sp³-hybridized carbons (Fsp3) is 0.483. The quantitative estimate of drug-likeness (QED) is 0.499. The molecule has 0 radical (unpaired) electrons. The number of ether oxygens (including phenoxy) is 2. The first-order chi connectivity index (χ1) is 19.1. The molecular formula is C29H34ClN7O2. The lowest BCUT2D eigenvalue weighted by molar-refractivity contribution is -0.0417. The number of anilines is 2. The van der Waals surface area contributed by atoms with Crippen molar-refractivity contribution in [1.29, 1.82) is 5.26 Å². The fourth-order valence-corrected chi connectivity index (χ4v) is 6.14. The third kappa shape index (κ3) is 5.61. The zero-order valence-corrected chi connectivity index (χ0v) is 23.0. The Bertz CT molecular complexity index is 1370. The topological polar surface area (TPSA) is 89.8 Å². The number of nitriles is 1. The molecule has 3 aliphatic heterocycles. The zero-order chi connectivity index (χ0) is 26.8. The van der Waals surface area contributed by atoms with Crippen molar-refractivity contribution in [2.45, 2.75) is 31.5 Å². The van der Waals surface area contributed by atoms with E-state index in [-0.39, 0.29) is 12.1 Å². The van der Waals surface area contributed by atoms with Crippen molar-refractivity contribution in [2.75, 3.05) is 69.3 Å². The highest BCUT2D eigenvalue weighted by atomic mass is 35.5. The van der Waals surface area contributed by atoms with Gasteiger partial charge < -0.3 is 29.5 Å². The molecule has 39 heavy (non-hydrogen) atoms. The molecule has 0 bridgehead atoms. The summed E-state index contributed by atoms with van der Waals surface area (Å²) in [6.07, 6.45) is 1.27. The first-order valence-corrected chi connectivity index (χ1v) is 14.1. The van der Waals surface area contributed by atoms with Gasteiger partial charge in [-0.25, -0.2) is 0 Å². The van der Waals surface area contributed by atoms with Crippen LogP contribution in [0.1, 0.15) is 17.7 Å². The molecule has 0 aliphatic carbocycles. The van der Waals surface area contributed by atoms with Gasteiger partial charge in [0.05, 0.1) is 36.4 Å². The highest BCUT2D eigenvalue weighted by Gasteiger charge is 2.29. The molecule has 3 aromatic rings. The van der Waals surface area contributed by atoms with Gasteiger partial charge in [-0.2, -0.15) is 15.2 Å². The molecule has 3 aliphatic rings. The number of halogens is 1. The van der Waals surface area contributed by atoms with Crippen LogP contribution in [-0.2, 0) is 17.7 Å². The highest BCUT2D eigenvalue weighted by molar-refractivity contribution is 6.36. The van der Waals surface area contributed by atoms with Gasteiger partial charge in [-0.15, -0.1) is 0 Å². The Labute approximate surface area is 234 Å². The van der Waals surface area contributed by atoms with E-state index >= 15 is 0 Å². The van der Waals surface area contributed by atoms with Crippen molar-refractivity contribution in [2.24, 2.45) is 0 Å². The van der Waals surface area contributed by atoms with Crippen LogP contribution < -0.4 is 19.9 Å². The highest BCUT2D eigenvalue weighted by Crippen LogP contribution is 2.37. The summed E-state index contributed by atoms with van der Waals surface area (Å²) in [6.45, 7) is 6.70. The number of aromatic nitrogens is 2. The number of rotatable bonds is 6. The van der Waals surface area contributed by atoms with Gasteiger partial charge in [0, 0.05) is 61.9 Å². The number of morpholine rings is 1. The van der Waals surface area contributed by atoms with E-state index in [1.807, 2.05) is 12.1 Å². The van der Waals surface area contributed by atoms with Crippen LogP contribution >= 0.6 is 11.6 Å². The molecule has 0 saturated carbocycles. The summed E-state index contributed by atoms with van der Waals surface area (Å²) >= 11 is 6.68. The molecule has 1 N–H and O–H groups in total. The van der Waals surface area contributed by atoms with Crippen LogP contribution in [0.15, 0.2) is 36.4 Å². The van der Waals surface area contributed by atoms with Gasteiger partial charge in [0.15, 0.2) is 0 Å². The summed E-state index contributed by atoms with van der Waals surface area (Å²) < 4.78 is 12.1. The second-order valence-electron chi connectivity index (χ2n) is 10.6. The third-order valence-corrected chi connectivity index (χ3v) is 8.14. The smallest absolute Gasteiger partial charge is 0.318 e. The second kappa shape index (κ2) is 11.5. The Hall–Kier alpha value is -3.16. The van der Waals surface area contributed by atoms with Crippen LogP contribution in [0.2, 0.25) is 5.02 Å². The number of nitrogens with zero attached hydrogens (tertiary/aromatic N) is 6. The Kier molecular flexibility index (Phi) is 7.71. The van der Waals surface area contributed by atoms with Gasteiger partial charge in [0.1, 0.15) is 18.5 Å². The van der Waals surface area contributed by atoms with Crippen molar-refractivity contribution in [3.05, 3.63) is 52.7 Å². The van der Waals surface area contributed by atoms with Crippen molar-refractivity contribution < 1.29 is 9.47 Å². The van der Waals surface area contributed by atoms with Crippen LogP contribution in [0.5, 0.6) is 6.01 Å². The van der Waals surface area contributed by atoms with Crippen molar-refractivity contribution in [3.8, 4) is 12.1 Å². The van der Waals surface area contributed by atoms with Gasteiger partial charge in [0.25, 0.3) is 0 Å². The van der Waals surface area contributed by atoms with Crippen LogP contribution in [0.3, 0.4) is 0 Å². The Morgan fingerprint density at radius 2 is 2.00 bits per heavy atom. The lowest BCUT2D eigenvalue weighted by Gasteiger charge is -2.37. The van der Waals surface area contributed by atoms with Crippen molar-refractivity contribution in [1.82, 2.24) is 20.2 Å². The summed E-state index contributed by atoms with van der Waals surface area (Å²) in [5, 5.41) is 15.7. The summed E-state index contributed by atoms with van der Waals surface area (Å²) in [7, 11) is 2.10. The largest absolute Gasteiger partial charge is 0.461 e. The molecule has 1 aromatic heterocycles. The molecule has 0 spiro atoms. The molecule has 2 atom stereocenters. The molecule has 6 rings (SSSR count). The van der Waals surface area contributed by atoms with E-state index in [9.17, 15) is 5.26 Å². The molecule has 2 saturated heterocycles. The van der Waals surface area contributed by atoms with Crippen molar-refractivity contribution >= 4 is 33.9 Å². The Morgan fingerprint density at radius 1 is 1.13 bits per heavy atom. The van der Waals surface area contributed by atoms with Gasteiger partial charge in [-0.3, -0.25) is 0 Å². The minimum atomic E-state index is -0.0136. The predicted molar refractivity (Wildman–Crippen MR) is 153 cm³/mol. The minimum Gasteiger partial charge on any atom is -0.461 e. The predicted octanol–water partition coefficient (Wildman–Crippen LogP) is 3.25. The molecule has 0 amide bonds. The third-order valence-electron chi connectivity index (χ3n) is 7.83. The van der Waals surface area contributed by atoms with E-state index in [1.54, 1.807) is 0 Å². The second-order valence-corrected chi connectivity index (χ2v) is 11.0. The lowest BCUT2D eigenvalue weighted by atomic mass is 10.0. The molecule has 10 heteroatoms. The summed E-state index contributed by atoms with van der Waals surface area (Å²) in [6, 6.07) is 15.2. The van der Waals surface area contributed by atoms with Crippen LogP contribution in [0.25, 0.3) is 10.8 Å². The number of hydrogen-bond donors (Lipinski definition) is 1. The molecule has 0 unspecified atom stereocenters. The first kappa shape index (κ1) is 26.1. The van der Waals surface area contributed by atoms with Gasteiger partial charge in [-0.1, -0.05) is 35.9 Å². The number of benzene rings is 2. The number of fused-ring (bicyclic) bond motifs is 2. The van der Waals surface area contributed by atoms with Gasteiger partial charge in [0.2, 0.25) is 0 Å². The van der Waals surface area contributed by atoms with E-state index in [0.717, 1.165) is 84.2 Å². The van der Waals surface area contributed by atoms with Gasteiger partial charge in [-0.05, 0) is 31.0 Å².